The van der Waals surface area contributed by atoms with Crippen LogP contribution >= 0.6 is 0 Å². The van der Waals surface area contributed by atoms with E-state index in [1.807, 2.05) is 0 Å². The van der Waals surface area contributed by atoms with Crippen LogP contribution in [-0.2, 0) is 0 Å². The lowest BCUT2D eigenvalue weighted by molar-refractivity contribution is 0.254. The maximum Gasteiger partial charge on any atom is -0.0106 e. The zero-order valence-electron chi connectivity index (χ0n) is 10.1. The lowest BCUT2D eigenvalue weighted by atomic mass is 9.73. The summed E-state index contributed by atoms with van der Waals surface area (Å²) in [4.78, 5) is 0. The Bertz CT molecular complexity index is 224. The minimum atomic E-state index is 0.414. The van der Waals surface area contributed by atoms with Crippen molar-refractivity contribution in [2.24, 2.45) is 17.3 Å². The summed E-state index contributed by atoms with van der Waals surface area (Å²) < 4.78 is 0. The number of allylic oxidation sites excluding steroid dienone is 4. The Labute approximate surface area is 89.1 Å². The highest BCUT2D eigenvalue weighted by atomic mass is 14.3. The first-order valence-electron chi connectivity index (χ1n) is 5.92. The largest absolute Gasteiger partial charge is 0.0837 e. The Hall–Kier alpha value is -0.520. The van der Waals surface area contributed by atoms with Crippen LogP contribution in [0.2, 0.25) is 0 Å². The summed E-state index contributed by atoms with van der Waals surface area (Å²) in [6.07, 6.45) is 12.9. The standard InChI is InChI=1S/C14H24/c1-5-12(2)13(3)11-14(4)9-7-6-8-10-14/h6-9,12-13H,5,10-11H2,1-4H3. The van der Waals surface area contributed by atoms with Crippen molar-refractivity contribution in [1.82, 2.24) is 0 Å². The molecule has 0 heterocycles. The topological polar surface area (TPSA) is 0 Å². The van der Waals surface area contributed by atoms with Gasteiger partial charge in [-0.05, 0) is 30.1 Å². The molecule has 0 aromatic carbocycles. The van der Waals surface area contributed by atoms with Crippen LogP contribution in [0, 0.1) is 17.3 Å². The maximum atomic E-state index is 2.39. The van der Waals surface area contributed by atoms with E-state index < -0.39 is 0 Å². The van der Waals surface area contributed by atoms with Gasteiger partial charge in [0.05, 0.1) is 0 Å². The van der Waals surface area contributed by atoms with E-state index in [0.717, 1.165) is 11.8 Å². The van der Waals surface area contributed by atoms with Gasteiger partial charge in [0.15, 0.2) is 0 Å². The summed E-state index contributed by atoms with van der Waals surface area (Å²) >= 11 is 0. The predicted molar refractivity (Wildman–Crippen MR) is 64.2 cm³/mol. The third-order valence-corrected chi connectivity index (χ3v) is 3.73. The van der Waals surface area contributed by atoms with Crippen molar-refractivity contribution in [3.8, 4) is 0 Å². The van der Waals surface area contributed by atoms with Gasteiger partial charge in [0.25, 0.3) is 0 Å². The highest BCUT2D eigenvalue weighted by molar-refractivity contribution is 5.15. The van der Waals surface area contributed by atoms with Crippen LogP contribution in [0.25, 0.3) is 0 Å². The van der Waals surface area contributed by atoms with Crippen molar-refractivity contribution in [2.75, 3.05) is 0 Å². The molecule has 1 aliphatic rings. The molecular weight excluding hydrogens is 168 g/mol. The Kier molecular flexibility index (Phi) is 3.97. The fraction of sp³-hybridized carbons (Fsp3) is 0.714. The van der Waals surface area contributed by atoms with Crippen LogP contribution < -0.4 is 0 Å². The van der Waals surface area contributed by atoms with Gasteiger partial charge in [-0.25, -0.2) is 0 Å². The Morgan fingerprint density at radius 3 is 2.43 bits per heavy atom. The molecule has 0 saturated heterocycles. The highest BCUT2D eigenvalue weighted by Crippen LogP contribution is 2.36. The minimum absolute atomic E-state index is 0.414. The van der Waals surface area contributed by atoms with Gasteiger partial charge in [0, 0.05) is 0 Å². The molecule has 0 amide bonds. The molecule has 1 rings (SSSR count). The van der Waals surface area contributed by atoms with E-state index in [9.17, 15) is 0 Å². The third kappa shape index (κ3) is 3.01. The molecule has 80 valence electrons. The number of hydrogen-bond donors (Lipinski definition) is 0. The lowest BCUT2D eigenvalue weighted by Gasteiger charge is -2.32. The minimum Gasteiger partial charge on any atom is -0.0837 e. The molecule has 0 aromatic heterocycles. The monoisotopic (exact) mass is 192 g/mol. The highest BCUT2D eigenvalue weighted by Gasteiger charge is 2.25. The lowest BCUT2D eigenvalue weighted by Crippen LogP contribution is -2.21. The van der Waals surface area contributed by atoms with E-state index in [1.54, 1.807) is 0 Å². The molecule has 0 nitrogen and oxygen atoms in total. The Morgan fingerprint density at radius 1 is 1.21 bits per heavy atom. The molecule has 3 unspecified atom stereocenters. The van der Waals surface area contributed by atoms with Gasteiger partial charge in [-0.15, -0.1) is 0 Å². The fourth-order valence-corrected chi connectivity index (χ4v) is 2.26. The SMILES string of the molecule is CCC(C)C(C)CC1(C)C=CC=CC1. The molecule has 0 spiro atoms. The van der Waals surface area contributed by atoms with E-state index in [0.29, 0.717) is 5.41 Å². The average molecular weight is 192 g/mol. The summed E-state index contributed by atoms with van der Waals surface area (Å²) in [5, 5.41) is 0. The second kappa shape index (κ2) is 4.82. The van der Waals surface area contributed by atoms with E-state index in [2.05, 4.69) is 52.0 Å². The summed E-state index contributed by atoms with van der Waals surface area (Å²) in [5.41, 5.74) is 0.414. The fourth-order valence-electron chi connectivity index (χ4n) is 2.26. The van der Waals surface area contributed by atoms with Crippen molar-refractivity contribution in [3.05, 3.63) is 24.3 Å². The van der Waals surface area contributed by atoms with Crippen LogP contribution in [0.1, 0.15) is 47.0 Å². The Balaban J connectivity index is 2.50. The van der Waals surface area contributed by atoms with Crippen molar-refractivity contribution < 1.29 is 0 Å². The smallest absolute Gasteiger partial charge is 0.0106 e. The maximum absolute atomic E-state index is 2.39. The third-order valence-electron chi connectivity index (χ3n) is 3.73. The molecule has 0 saturated carbocycles. The zero-order valence-corrected chi connectivity index (χ0v) is 10.1. The quantitative estimate of drug-likeness (QED) is 0.611. The second-order valence-corrected chi connectivity index (χ2v) is 5.21. The molecule has 0 heteroatoms. The molecule has 0 radical (unpaired) electrons. The summed E-state index contributed by atoms with van der Waals surface area (Å²) in [7, 11) is 0. The van der Waals surface area contributed by atoms with Gasteiger partial charge in [0.2, 0.25) is 0 Å². The molecule has 0 N–H and O–H groups in total. The van der Waals surface area contributed by atoms with Crippen molar-refractivity contribution >= 4 is 0 Å². The van der Waals surface area contributed by atoms with Gasteiger partial charge in [-0.2, -0.15) is 0 Å². The van der Waals surface area contributed by atoms with Gasteiger partial charge < -0.3 is 0 Å². The molecule has 0 bridgehead atoms. The van der Waals surface area contributed by atoms with E-state index in [-0.39, 0.29) is 0 Å². The Morgan fingerprint density at radius 2 is 1.93 bits per heavy atom. The number of rotatable bonds is 4. The first-order valence-corrected chi connectivity index (χ1v) is 5.92. The molecule has 0 aliphatic heterocycles. The summed E-state index contributed by atoms with van der Waals surface area (Å²) in [5.74, 6) is 1.69. The molecule has 3 atom stereocenters. The van der Waals surface area contributed by atoms with Gasteiger partial charge in [0.1, 0.15) is 0 Å². The summed E-state index contributed by atoms with van der Waals surface area (Å²) in [6, 6.07) is 0. The van der Waals surface area contributed by atoms with Crippen LogP contribution in [0.15, 0.2) is 24.3 Å². The van der Waals surface area contributed by atoms with Crippen LogP contribution in [0.4, 0.5) is 0 Å². The van der Waals surface area contributed by atoms with E-state index in [1.165, 1.54) is 19.3 Å². The molecule has 14 heavy (non-hydrogen) atoms. The van der Waals surface area contributed by atoms with Gasteiger partial charge in [-0.3, -0.25) is 0 Å². The molecule has 1 aliphatic carbocycles. The van der Waals surface area contributed by atoms with Crippen molar-refractivity contribution in [3.63, 3.8) is 0 Å². The first-order chi connectivity index (χ1) is 6.57. The van der Waals surface area contributed by atoms with Gasteiger partial charge in [-0.1, -0.05) is 58.4 Å². The van der Waals surface area contributed by atoms with Crippen molar-refractivity contribution in [2.45, 2.75) is 47.0 Å². The van der Waals surface area contributed by atoms with E-state index >= 15 is 0 Å². The van der Waals surface area contributed by atoms with Gasteiger partial charge >= 0.3 is 0 Å². The molecule has 0 aromatic rings. The molecular formula is C14H24. The van der Waals surface area contributed by atoms with Crippen LogP contribution in [0.3, 0.4) is 0 Å². The van der Waals surface area contributed by atoms with Crippen molar-refractivity contribution in [1.29, 1.82) is 0 Å². The molecule has 0 fully saturated rings. The van der Waals surface area contributed by atoms with E-state index in [4.69, 9.17) is 0 Å². The van der Waals surface area contributed by atoms with Crippen LogP contribution in [0.5, 0.6) is 0 Å². The predicted octanol–water partition coefficient (Wildman–Crippen LogP) is 4.58. The first kappa shape index (κ1) is 11.6. The normalized spacial score (nSPS) is 30.3. The second-order valence-electron chi connectivity index (χ2n) is 5.21. The number of hydrogen-bond acceptors (Lipinski definition) is 0. The average Bonchev–Trinajstić information content (AvgIpc) is 2.17. The zero-order chi connectivity index (χ0) is 10.6. The van der Waals surface area contributed by atoms with Crippen LogP contribution in [-0.4, -0.2) is 0 Å². The summed E-state index contributed by atoms with van der Waals surface area (Å²) in [6.45, 7) is 9.44.